The van der Waals surface area contributed by atoms with E-state index in [1.54, 1.807) is 26.2 Å². The van der Waals surface area contributed by atoms with E-state index in [1.807, 2.05) is 15.9 Å². The van der Waals surface area contributed by atoms with Crippen molar-refractivity contribution in [2.24, 2.45) is 0 Å². The molecule has 2 amide bonds. The standard InChI is InChI=1S/C23H32N2O4/c1-4-5-7-19-8-6-13-25(19)23(27)18-9-10-21(28-3)22(16-18)29-20-11-14-24(15-12-20)17(2)26/h6,8-10,16,19-20H,4-5,7,11-15H2,1-3H3. The number of amides is 2. The molecule has 3 rings (SSSR count). The number of likely N-dealkylation sites (tertiary alicyclic amines) is 1. The van der Waals surface area contributed by atoms with Gasteiger partial charge in [0.2, 0.25) is 5.91 Å². The van der Waals surface area contributed by atoms with Crippen molar-refractivity contribution in [3.8, 4) is 11.5 Å². The smallest absolute Gasteiger partial charge is 0.254 e. The van der Waals surface area contributed by atoms with Gasteiger partial charge in [-0.1, -0.05) is 31.9 Å². The fourth-order valence-corrected chi connectivity index (χ4v) is 4.01. The van der Waals surface area contributed by atoms with Crippen LogP contribution in [0.4, 0.5) is 0 Å². The number of benzene rings is 1. The molecule has 0 saturated carbocycles. The third-order valence-electron chi connectivity index (χ3n) is 5.77. The molecule has 1 atom stereocenters. The highest BCUT2D eigenvalue weighted by Crippen LogP contribution is 2.32. The zero-order valence-electron chi connectivity index (χ0n) is 17.7. The molecule has 1 saturated heterocycles. The predicted octanol–water partition coefficient (Wildman–Crippen LogP) is 3.66. The molecule has 1 unspecified atom stereocenters. The van der Waals surface area contributed by atoms with Crippen LogP contribution >= 0.6 is 0 Å². The monoisotopic (exact) mass is 400 g/mol. The number of ether oxygens (including phenoxy) is 2. The number of piperidine rings is 1. The van der Waals surface area contributed by atoms with Gasteiger partial charge in [-0.2, -0.15) is 0 Å². The molecule has 1 aromatic rings. The molecule has 0 spiro atoms. The van der Waals surface area contributed by atoms with Crippen LogP contribution in [-0.4, -0.2) is 60.5 Å². The number of unbranched alkanes of at least 4 members (excludes halogenated alkanes) is 1. The Kier molecular flexibility index (Phi) is 7.18. The Hall–Kier alpha value is -2.50. The molecule has 0 bridgehead atoms. The van der Waals surface area contributed by atoms with Crippen LogP contribution in [0, 0.1) is 0 Å². The average Bonchev–Trinajstić information content (AvgIpc) is 3.20. The SMILES string of the molecule is CCCCC1C=CCN1C(=O)c1ccc(OC)c(OC2CCN(C(C)=O)CC2)c1. The first-order valence-electron chi connectivity index (χ1n) is 10.6. The van der Waals surface area contributed by atoms with E-state index in [1.165, 1.54) is 0 Å². The van der Waals surface area contributed by atoms with Gasteiger partial charge in [0.05, 0.1) is 13.2 Å². The molecular formula is C23H32N2O4. The summed E-state index contributed by atoms with van der Waals surface area (Å²) in [5.41, 5.74) is 0.618. The number of carbonyl (C=O) groups excluding carboxylic acids is 2. The van der Waals surface area contributed by atoms with Crippen molar-refractivity contribution in [1.82, 2.24) is 9.80 Å². The van der Waals surface area contributed by atoms with Crippen LogP contribution in [0.25, 0.3) is 0 Å². The lowest BCUT2D eigenvalue weighted by Gasteiger charge is -2.32. The molecule has 6 nitrogen and oxygen atoms in total. The van der Waals surface area contributed by atoms with Crippen LogP contribution in [0.1, 0.15) is 56.3 Å². The minimum absolute atomic E-state index is 0.00982. The van der Waals surface area contributed by atoms with E-state index in [4.69, 9.17) is 9.47 Å². The highest BCUT2D eigenvalue weighted by atomic mass is 16.5. The van der Waals surface area contributed by atoms with Crippen molar-refractivity contribution >= 4 is 11.8 Å². The molecule has 0 aliphatic carbocycles. The Bertz CT molecular complexity index is 753. The summed E-state index contributed by atoms with van der Waals surface area (Å²) < 4.78 is 11.7. The van der Waals surface area contributed by atoms with Crippen molar-refractivity contribution < 1.29 is 19.1 Å². The van der Waals surface area contributed by atoms with Gasteiger partial charge in [-0.25, -0.2) is 0 Å². The van der Waals surface area contributed by atoms with E-state index in [9.17, 15) is 9.59 Å². The zero-order valence-corrected chi connectivity index (χ0v) is 17.7. The number of methoxy groups -OCH3 is 1. The number of rotatable bonds is 7. The number of nitrogens with zero attached hydrogens (tertiary/aromatic N) is 2. The Balaban J connectivity index is 1.70. The quantitative estimate of drug-likeness (QED) is 0.656. The number of hydrogen-bond donors (Lipinski definition) is 0. The molecule has 0 radical (unpaired) electrons. The molecule has 2 aliphatic rings. The maximum atomic E-state index is 13.1. The molecular weight excluding hydrogens is 368 g/mol. The molecule has 158 valence electrons. The fraction of sp³-hybridized carbons (Fsp3) is 0.565. The molecule has 2 aliphatic heterocycles. The minimum Gasteiger partial charge on any atom is -0.493 e. The summed E-state index contributed by atoms with van der Waals surface area (Å²) in [5.74, 6) is 1.34. The third-order valence-corrected chi connectivity index (χ3v) is 5.77. The van der Waals surface area contributed by atoms with Gasteiger partial charge in [-0.15, -0.1) is 0 Å². The van der Waals surface area contributed by atoms with Gasteiger partial charge < -0.3 is 19.3 Å². The van der Waals surface area contributed by atoms with Gasteiger partial charge in [0.15, 0.2) is 11.5 Å². The summed E-state index contributed by atoms with van der Waals surface area (Å²) in [7, 11) is 1.60. The molecule has 0 aromatic heterocycles. The second-order valence-electron chi connectivity index (χ2n) is 7.78. The van der Waals surface area contributed by atoms with E-state index >= 15 is 0 Å². The summed E-state index contributed by atoms with van der Waals surface area (Å²) in [5, 5.41) is 0. The maximum absolute atomic E-state index is 13.1. The second-order valence-corrected chi connectivity index (χ2v) is 7.78. The summed E-state index contributed by atoms with van der Waals surface area (Å²) in [6.07, 6.45) is 8.98. The van der Waals surface area contributed by atoms with E-state index < -0.39 is 0 Å². The zero-order chi connectivity index (χ0) is 20.8. The Morgan fingerprint density at radius 2 is 1.93 bits per heavy atom. The van der Waals surface area contributed by atoms with Crippen molar-refractivity contribution in [3.63, 3.8) is 0 Å². The lowest BCUT2D eigenvalue weighted by Crippen LogP contribution is -2.40. The first kappa shape index (κ1) is 21.2. The Morgan fingerprint density at radius 1 is 1.17 bits per heavy atom. The van der Waals surface area contributed by atoms with Gasteiger partial charge >= 0.3 is 0 Å². The van der Waals surface area contributed by atoms with E-state index in [-0.39, 0.29) is 24.0 Å². The Labute approximate surface area is 173 Å². The van der Waals surface area contributed by atoms with Crippen LogP contribution < -0.4 is 9.47 Å². The summed E-state index contributed by atoms with van der Waals surface area (Å²) in [6, 6.07) is 5.58. The van der Waals surface area contributed by atoms with Gasteiger partial charge in [0, 0.05) is 45.0 Å². The van der Waals surface area contributed by atoms with E-state index in [0.717, 1.165) is 32.1 Å². The van der Waals surface area contributed by atoms with Crippen molar-refractivity contribution in [2.75, 3.05) is 26.7 Å². The van der Waals surface area contributed by atoms with Gasteiger partial charge in [0.25, 0.3) is 5.91 Å². The molecule has 1 aromatic carbocycles. The van der Waals surface area contributed by atoms with Crippen LogP contribution in [0.2, 0.25) is 0 Å². The van der Waals surface area contributed by atoms with Crippen LogP contribution in [-0.2, 0) is 4.79 Å². The lowest BCUT2D eigenvalue weighted by molar-refractivity contribution is -0.130. The summed E-state index contributed by atoms with van der Waals surface area (Å²) in [6.45, 7) is 5.80. The number of carbonyl (C=O) groups is 2. The highest BCUT2D eigenvalue weighted by Gasteiger charge is 2.27. The summed E-state index contributed by atoms with van der Waals surface area (Å²) in [4.78, 5) is 28.4. The molecule has 0 N–H and O–H groups in total. The first-order valence-corrected chi connectivity index (χ1v) is 10.6. The number of hydrogen-bond acceptors (Lipinski definition) is 4. The second kappa shape index (κ2) is 9.81. The lowest BCUT2D eigenvalue weighted by atomic mass is 10.1. The van der Waals surface area contributed by atoms with Crippen LogP contribution in [0.3, 0.4) is 0 Å². The largest absolute Gasteiger partial charge is 0.493 e. The van der Waals surface area contributed by atoms with Crippen LogP contribution in [0.15, 0.2) is 30.4 Å². The molecule has 2 heterocycles. The minimum atomic E-state index is 0.00982. The first-order chi connectivity index (χ1) is 14.0. The van der Waals surface area contributed by atoms with Crippen molar-refractivity contribution in [3.05, 3.63) is 35.9 Å². The molecule has 29 heavy (non-hydrogen) atoms. The normalized spacial score (nSPS) is 19.5. The Morgan fingerprint density at radius 3 is 2.59 bits per heavy atom. The molecule has 1 fully saturated rings. The third kappa shape index (κ3) is 5.11. The van der Waals surface area contributed by atoms with Crippen molar-refractivity contribution in [2.45, 2.75) is 58.1 Å². The fourth-order valence-electron chi connectivity index (χ4n) is 4.01. The highest BCUT2D eigenvalue weighted by molar-refractivity contribution is 5.95. The van der Waals surface area contributed by atoms with Gasteiger partial charge in [0.1, 0.15) is 6.10 Å². The van der Waals surface area contributed by atoms with Crippen LogP contribution in [0.5, 0.6) is 11.5 Å². The summed E-state index contributed by atoms with van der Waals surface area (Å²) >= 11 is 0. The topological polar surface area (TPSA) is 59.1 Å². The predicted molar refractivity (Wildman–Crippen MR) is 112 cm³/mol. The van der Waals surface area contributed by atoms with Gasteiger partial charge in [-0.05, 0) is 24.6 Å². The van der Waals surface area contributed by atoms with Gasteiger partial charge in [-0.3, -0.25) is 9.59 Å². The maximum Gasteiger partial charge on any atom is 0.254 e. The van der Waals surface area contributed by atoms with E-state index in [0.29, 0.717) is 36.7 Å². The van der Waals surface area contributed by atoms with E-state index in [2.05, 4.69) is 19.1 Å². The molecule has 6 heteroatoms. The van der Waals surface area contributed by atoms with Crippen molar-refractivity contribution in [1.29, 1.82) is 0 Å². The average molecular weight is 401 g/mol.